The van der Waals surface area contributed by atoms with Crippen LogP contribution >= 0.6 is 22.6 Å². The molecule has 0 aromatic carbocycles. The highest BCUT2D eigenvalue weighted by molar-refractivity contribution is 14.1. The van der Waals surface area contributed by atoms with E-state index in [1.165, 1.54) is 0 Å². The number of hydrogen-bond donors (Lipinski definition) is 0. The minimum absolute atomic E-state index is 0.0689. The molecule has 1 aliphatic rings. The number of carbonyl (C=O) groups is 2. The zero-order valence-electron chi connectivity index (χ0n) is 6.88. The smallest absolute Gasteiger partial charge is 0.306 e. The third-order valence-corrected chi connectivity index (χ3v) is 3.78. The van der Waals surface area contributed by atoms with Gasteiger partial charge >= 0.3 is 5.97 Å². The monoisotopic (exact) mass is 282 g/mol. The third-order valence-electron chi connectivity index (χ3n) is 2.27. The lowest BCUT2D eigenvalue weighted by Gasteiger charge is -2.25. The quantitative estimate of drug-likeness (QED) is 0.339. The van der Waals surface area contributed by atoms with Crippen LogP contribution in [-0.4, -0.2) is 22.3 Å². The molecule has 0 aromatic rings. The first kappa shape index (κ1) is 9.95. The average molecular weight is 282 g/mol. The minimum Gasteiger partial charge on any atom is -0.458 e. The molecule has 0 saturated carbocycles. The van der Waals surface area contributed by atoms with Crippen LogP contribution in [0.1, 0.15) is 19.8 Å². The molecule has 0 N–H and O–H groups in total. The molecule has 68 valence electrons. The second-order valence-corrected chi connectivity index (χ2v) is 3.99. The van der Waals surface area contributed by atoms with E-state index in [0.29, 0.717) is 12.8 Å². The van der Waals surface area contributed by atoms with Gasteiger partial charge in [-0.3, -0.25) is 4.79 Å². The molecule has 0 aromatic heterocycles. The van der Waals surface area contributed by atoms with Crippen molar-refractivity contribution in [2.24, 2.45) is 5.92 Å². The summed E-state index contributed by atoms with van der Waals surface area (Å²) in [7, 11) is 0. The van der Waals surface area contributed by atoms with Crippen LogP contribution in [0.2, 0.25) is 0 Å². The number of aldehydes is 1. The molecule has 0 radical (unpaired) electrons. The summed E-state index contributed by atoms with van der Waals surface area (Å²) in [5.41, 5.74) is -0.418. The summed E-state index contributed by atoms with van der Waals surface area (Å²) in [5.74, 6) is -0.111. The van der Waals surface area contributed by atoms with Crippen LogP contribution in [-0.2, 0) is 14.3 Å². The number of halogens is 1. The van der Waals surface area contributed by atoms with Gasteiger partial charge in [-0.15, -0.1) is 0 Å². The van der Waals surface area contributed by atoms with Gasteiger partial charge in [-0.2, -0.15) is 0 Å². The van der Waals surface area contributed by atoms with Gasteiger partial charge in [0.05, 0.1) is 6.42 Å². The molecule has 12 heavy (non-hydrogen) atoms. The number of cyclic esters (lactones) is 1. The summed E-state index contributed by atoms with van der Waals surface area (Å²) < 4.78 is 5.90. The van der Waals surface area contributed by atoms with E-state index in [1.807, 2.05) is 6.92 Å². The Bertz CT molecular complexity index is 204. The highest BCUT2D eigenvalue weighted by atomic mass is 127. The normalized spacial score (nSPS) is 34.8. The zero-order chi connectivity index (χ0) is 9.19. The first-order valence-electron chi connectivity index (χ1n) is 3.84. The second-order valence-electron chi connectivity index (χ2n) is 3.22. The summed E-state index contributed by atoms with van der Waals surface area (Å²) in [6, 6.07) is 0. The van der Waals surface area contributed by atoms with Crippen LogP contribution in [0.4, 0.5) is 0 Å². The van der Waals surface area contributed by atoms with Crippen molar-refractivity contribution in [1.29, 1.82) is 0 Å². The molecule has 4 heteroatoms. The molecule has 3 nitrogen and oxygen atoms in total. The fourth-order valence-electron chi connectivity index (χ4n) is 1.39. The molecular formula is C8H11IO3. The molecular weight excluding hydrogens is 271 g/mol. The Kier molecular flexibility index (Phi) is 3.09. The van der Waals surface area contributed by atoms with Gasteiger partial charge in [0.2, 0.25) is 0 Å². The summed E-state index contributed by atoms with van der Waals surface area (Å²) in [6.07, 6.45) is 1.67. The Labute approximate surface area is 85.0 Å². The summed E-state index contributed by atoms with van der Waals surface area (Å²) in [6.45, 7) is 1.89. The van der Waals surface area contributed by atoms with E-state index >= 15 is 0 Å². The lowest BCUT2D eigenvalue weighted by Crippen LogP contribution is -2.33. The van der Waals surface area contributed by atoms with Crippen LogP contribution in [0.15, 0.2) is 0 Å². The zero-order valence-corrected chi connectivity index (χ0v) is 9.04. The largest absolute Gasteiger partial charge is 0.458 e. The number of carbonyl (C=O) groups excluding carboxylic acids is 2. The van der Waals surface area contributed by atoms with E-state index in [-0.39, 0.29) is 11.9 Å². The maximum absolute atomic E-state index is 11.0. The fraction of sp³-hybridized carbons (Fsp3) is 0.750. The van der Waals surface area contributed by atoms with Crippen molar-refractivity contribution in [3.8, 4) is 0 Å². The molecule has 1 heterocycles. The van der Waals surface area contributed by atoms with Crippen molar-refractivity contribution < 1.29 is 14.3 Å². The molecule has 1 rings (SSSR count). The third kappa shape index (κ3) is 1.78. The number of rotatable bonds is 3. The van der Waals surface area contributed by atoms with Crippen molar-refractivity contribution in [2.75, 3.05) is 4.43 Å². The van der Waals surface area contributed by atoms with E-state index in [2.05, 4.69) is 22.6 Å². The van der Waals surface area contributed by atoms with Gasteiger partial charge in [0.25, 0.3) is 0 Å². The van der Waals surface area contributed by atoms with Gasteiger partial charge in [-0.25, -0.2) is 0 Å². The highest BCUT2D eigenvalue weighted by Gasteiger charge is 2.44. The number of ether oxygens (including phenoxy) is 1. The standard InChI is InChI=1S/C8H11IO3/c1-8(5-9)6(2-3-10)4-7(11)12-8/h3,6H,2,4-5H2,1H3. The lowest BCUT2D eigenvalue weighted by molar-refractivity contribution is -0.146. The lowest BCUT2D eigenvalue weighted by atomic mass is 9.88. The predicted octanol–water partition coefficient (Wildman–Crippen LogP) is 1.33. The summed E-state index contributed by atoms with van der Waals surface area (Å²) in [5, 5.41) is 0. The molecule has 1 fully saturated rings. The first-order valence-corrected chi connectivity index (χ1v) is 5.36. The SMILES string of the molecule is CC1(CI)OC(=O)CC1CC=O. The Morgan fingerprint density at radius 2 is 2.50 bits per heavy atom. The summed E-state index contributed by atoms with van der Waals surface area (Å²) >= 11 is 2.18. The van der Waals surface area contributed by atoms with Crippen molar-refractivity contribution >= 4 is 34.8 Å². The maximum Gasteiger partial charge on any atom is 0.306 e. The Balaban J connectivity index is 2.71. The minimum atomic E-state index is -0.418. The van der Waals surface area contributed by atoms with Gasteiger partial charge < -0.3 is 9.53 Å². The van der Waals surface area contributed by atoms with E-state index in [4.69, 9.17) is 4.74 Å². The van der Waals surface area contributed by atoms with Gasteiger partial charge in [0, 0.05) is 16.8 Å². The molecule has 0 aliphatic carbocycles. The Morgan fingerprint density at radius 1 is 1.83 bits per heavy atom. The maximum atomic E-state index is 11.0. The van der Waals surface area contributed by atoms with E-state index in [9.17, 15) is 9.59 Å². The van der Waals surface area contributed by atoms with Crippen LogP contribution in [0.5, 0.6) is 0 Å². The van der Waals surface area contributed by atoms with Crippen molar-refractivity contribution in [1.82, 2.24) is 0 Å². The van der Waals surface area contributed by atoms with Crippen molar-refractivity contribution in [3.05, 3.63) is 0 Å². The molecule has 0 bridgehead atoms. The van der Waals surface area contributed by atoms with Crippen molar-refractivity contribution in [2.45, 2.75) is 25.4 Å². The predicted molar refractivity (Wildman–Crippen MR) is 52.2 cm³/mol. The molecule has 2 unspecified atom stereocenters. The number of hydrogen-bond acceptors (Lipinski definition) is 3. The average Bonchev–Trinajstić information content (AvgIpc) is 2.29. The van der Waals surface area contributed by atoms with Gasteiger partial charge in [-0.05, 0) is 6.92 Å². The highest BCUT2D eigenvalue weighted by Crippen LogP contribution is 2.35. The first-order chi connectivity index (χ1) is 5.62. The van der Waals surface area contributed by atoms with Crippen LogP contribution in [0.3, 0.4) is 0 Å². The number of esters is 1. The molecule has 0 amide bonds. The molecule has 1 aliphatic heterocycles. The van der Waals surface area contributed by atoms with Gasteiger partial charge in [0.1, 0.15) is 11.9 Å². The van der Waals surface area contributed by atoms with E-state index in [0.717, 1.165) is 10.7 Å². The van der Waals surface area contributed by atoms with E-state index < -0.39 is 5.60 Å². The summed E-state index contributed by atoms with van der Waals surface area (Å²) in [4.78, 5) is 21.3. The van der Waals surface area contributed by atoms with Crippen LogP contribution in [0, 0.1) is 5.92 Å². The molecule has 0 spiro atoms. The second kappa shape index (κ2) is 3.72. The van der Waals surface area contributed by atoms with E-state index in [1.54, 1.807) is 0 Å². The Morgan fingerprint density at radius 3 is 3.00 bits per heavy atom. The number of alkyl halides is 1. The fourth-order valence-corrected chi connectivity index (χ4v) is 2.17. The van der Waals surface area contributed by atoms with Crippen molar-refractivity contribution in [3.63, 3.8) is 0 Å². The molecule has 1 saturated heterocycles. The van der Waals surface area contributed by atoms with Gasteiger partial charge in [0.15, 0.2) is 0 Å². The van der Waals surface area contributed by atoms with Crippen LogP contribution in [0.25, 0.3) is 0 Å². The molecule has 2 atom stereocenters. The Hall–Kier alpha value is -0.130. The topological polar surface area (TPSA) is 43.4 Å². The van der Waals surface area contributed by atoms with Gasteiger partial charge in [-0.1, -0.05) is 22.6 Å². The van der Waals surface area contributed by atoms with Crippen LogP contribution < -0.4 is 0 Å².